The van der Waals surface area contributed by atoms with Crippen LogP contribution >= 0.6 is 0 Å². The van der Waals surface area contributed by atoms with Crippen molar-refractivity contribution in [3.8, 4) is 0 Å². The van der Waals surface area contributed by atoms with Crippen molar-refractivity contribution in [3.63, 3.8) is 0 Å². The van der Waals surface area contributed by atoms with Gasteiger partial charge in [0.15, 0.2) is 0 Å². The van der Waals surface area contributed by atoms with Crippen LogP contribution in [0.1, 0.15) is 38.5 Å². The Kier molecular flexibility index (Phi) is 4.08. The van der Waals surface area contributed by atoms with E-state index in [1.54, 1.807) is 0 Å². The maximum absolute atomic E-state index is 12.7. The Hall–Kier alpha value is -0.610. The van der Waals surface area contributed by atoms with Gasteiger partial charge in [-0.25, -0.2) is 0 Å². The van der Waals surface area contributed by atoms with Gasteiger partial charge in [0, 0.05) is 25.0 Å². The molecule has 2 aliphatic carbocycles. The van der Waals surface area contributed by atoms with Crippen LogP contribution in [0, 0.1) is 17.8 Å². The van der Waals surface area contributed by atoms with E-state index >= 15 is 0 Å². The van der Waals surface area contributed by atoms with E-state index in [1.165, 1.54) is 25.7 Å². The van der Waals surface area contributed by atoms with Gasteiger partial charge in [-0.1, -0.05) is 6.42 Å². The molecule has 0 spiro atoms. The van der Waals surface area contributed by atoms with Crippen LogP contribution < -0.4 is 5.32 Å². The molecule has 3 aliphatic rings. The minimum absolute atomic E-state index is 0.0826. The van der Waals surface area contributed by atoms with Crippen molar-refractivity contribution in [1.29, 1.82) is 0 Å². The first-order chi connectivity index (χ1) is 9.28. The summed E-state index contributed by atoms with van der Waals surface area (Å²) >= 11 is 0. The van der Waals surface area contributed by atoms with Crippen LogP contribution in [0.5, 0.6) is 0 Å². The molecule has 3 rings (SSSR count). The summed E-state index contributed by atoms with van der Waals surface area (Å²) in [5.74, 6) is 2.01. The second kappa shape index (κ2) is 5.80. The fourth-order valence-corrected chi connectivity index (χ4v) is 4.37. The Balaban J connectivity index is 1.60. The number of nitrogens with zero attached hydrogens (tertiary/aromatic N) is 1. The van der Waals surface area contributed by atoms with Crippen LogP contribution in [0.3, 0.4) is 0 Å². The Morgan fingerprint density at radius 2 is 2.16 bits per heavy atom. The fourth-order valence-electron chi connectivity index (χ4n) is 4.37. The van der Waals surface area contributed by atoms with Crippen molar-refractivity contribution in [2.75, 3.05) is 26.2 Å². The molecule has 3 fully saturated rings. The Morgan fingerprint density at radius 3 is 2.74 bits per heavy atom. The largest absolute Gasteiger partial charge is 0.395 e. The molecule has 0 aromatic heterocycles. The Morgan fingerprint density at radius 1 is 1.26 bits per heavy atom. The lowest BCUT2D eigenvalue weighted by Gasteiger charge is -2.31. The highest BCUT2D eigenvalue weighted by Gasteiger charge is 2.44. The van der Waals surface area contributed by atoms with Gasteiger partial charge in [-0.15, -0.1) is 0 Å². The van der Waals surface area contributed by atoms with Gasteiger partial charge in [0.1, 0.15) is 0 Å². The number of amides is 1. The lowest BCUT2D eigenvalue weighted by Crippen LogP contribution is -2.45. The highest BCUT2D eigenvalue weighted by Crippen LogP contribution is 2.48. The third kappa shape index (κ3) is 2.79. The molecule has 1 saturated heterocycles. The van der Waals surface area contributed by atoms with Crippen LogP contribution in [0.25, 0.3) is 0 Å². The zero-order valence-electron chi connectivity index (χ0n) is 11.7. The average Bonchev–Trinajstić information content (AvgIpc) is 3.14. The summed E-state index contributed by atoms with van der Waals surface area (Å²) in [5, 5.41) is 12.7. The van der Waals surface area contributed by atoms with Crippen LogP contribution in [-0.4, -0.2) is 48.2 Å². The number of hydrogen-bond acceptors (Lipinski definition) is 3. The van der Waals surface area contributed by atoms with Crippen molar-refractivity contribution in [2.24, 2.45) is 17.8 Å². The molecule has 2 saturated carbocycles. The topological polar surface area (TPSA) is 52.6 Å². The molecule has 1 heterocycles. The van der Waals surface area contributed by atoms with Crippen molar-refractivity contribution in [3.05, 3.63) is 0 Å². The zero-order valence-corrected chi connectivity index (χ0v) is 11.7. The molecule has 108 valence electrons. The fraction of sp³-hybridized carbons (Fsp3) is 0.933. The van der Waals surface area contributed by atoms with E-state index in [1.807, 2.05) is 4.90 Å². The van der Waals surface area contributed by atoms with Gasteiger partial charge >= 0.3 is 0 Å². The van der Waals surface area contributed by atoms with Gasteiger partial charge in [0.2, 0.25) is 5.91 Å². The van der Waals surface area contributed by atoms with E-state index in [2.05, 4.69) is 5.32 Å². The lowest BCUT2D eigenvalue weighted by molar-refractivity contribution is -0.138. The summed E-state index contributed by atoms with van der Waals surface area (Å²) in [5.41, 5.74) is 0. The Labute approximate surface area is 115 Å². The number of nitrogens with one attached hydrogen (secondary N) is 1. The number of rotatable bonds is 5. The number of carbonyl (C=O) groups excluding carboxylic acids is 1. The van der Waals surface area contributed by atoms with E-state index in [0.29, 0.717) is 24.4 Å². The molecule has 0 radical (unpaired) electrons. The van der Waals surface area contributed by atoms with Crippen LogP contribution in [0.15, 0.2) is 0 Å². The summed E-state index contributed by atoms with van der Waals surface area (Å²) in [6.07, 6.45) is 7.31. The van der Waals surface area contributed by atoms with E-state index in [9.17, 15) is 9.90 Å². The first-order valence-corrected chi connectivity index (χ1v) is 7.91. The first kappa shape index (κ1) is 13.4. The molecular formula is C15H26N2O2. The maximum atomic E-state index is 12.7. The molecule has 0 aromatic rings. The summed E-state index contributed by atoms with van der Waals surface area (Å²) in [6.45, 7) is 2.44. The molecule has 2 bridgehead atoms. The van der Waals surface area contributed by atoms with Crippen molar-refractivity contribution in [1.82, 2.24) is 10.2 Å². The highest BCUT2D eigenvalue weighted by atomic mass is 16.3. The van der Waals surface area contributed by atoms with Gasteiger partial charge in [-0.2, -0.15) is 0 Å². The number of fused-ring (bicyclic) bond motifs is 2. The quantitative estimate of drug-likeness (QED) is 0.780. The predicted octanol–water partition coefficient (Wildman–Crippen LogP) is 0.996. The van der Waals surface area contributed by atoms with Crippen LogP contribution in [0.4, 0.5) is 0 Å². The summed E-state index contributed by atoms with van der Waals surface area (Å²) in [6, 6.07) is 0.439. The molecule has 4 atom stereocenters. The molecule has 1 aliphatic heterocycles. The van der Waals surface area contributed by atoms with Gasteiger partial charge < -0.3 is 15.3 Å². The zero-order chi connectivity index (χ0) is 13.2. The normalized spacial score (nSPS) is 36.9. The van der Waals surface area contributed by atoms with Gasteiger partial charge in [-0.3, -0.25) is 4.79 Å². The monoisotopic (exact) mass is 266 g/mol. The average molecular weight is 266 g/mol. The second-order valence-electron chi connectivity index (χ2n) is 6.58. The van der Waals surface area contributed by atoms with E-state index in [-0.39, 0.29) is 12.5 Å². The molecule has 4 nitrogen and oxygen atoms in total. The molecule has 2 N–H and O–H groups in total. The minimum atomic E-state index is 0.0826. The predicted molar refractivity (Wildman–Crippen MR) is 73.6 cm³/mol. The number of carbonyl (C=O) groups is 1. The molecule has 4 unspecified atom stereocenters. The van der Waals surface area contributed by atoms with Crippen LogP contribution in [0.2, 0.25) is 0 Å². The SMILES string of the molecule is O=C(C1CC2CCC1C2)N(CCO)CC1CCCN1. The summed E-state index contributed by atoms with van der Waals surface area (Å²) in [7, 11) is 0. The number of aliphatic hydroxyl groups is 1. The number of hydrogen-bond donors (Lipinski definition) is 2. The van der Waals surface area contributed by atoms with E-state index in [0.717, 1.165) is 31.8 Å². The van der Waals surface area contributed by atoms with Gasteiger partial charge in [0.05, 0.1) is 6.61 Å². The lowest BCUT2D eigenvalue weighted by atomic mass is 9.87. The minimum Gasteiger partial charge on any atom is -0.395 e. The summed E-state index contributed by atoms with van der Waals surface area (Å²) in [4.78, 5) is 14.6. The standard InChI is InChI=1S/C15H26N2O2/c18-7-6-17(10-13-2-1-5-16-13)15(19)14-9-11-3-4-12(14)8-11/h11-14,16,18H,1-10H2. The second-order valence-corrected chi connectivity index (χ2v) is 6.58. The van der Waals surface area contributed by atoms with Crippen molar-refractivity contribution in [2.45, 2.75) is 44.6 Å². The van der Waals surface area contributed by atoms with Crippen molar-refractivity contribution < 1.29 is 9.90 Å². The summed E-state index contributed by atoms with van der Waals surface area (Å²) < 4.78 is 0. The maximum Gasteiger partial charge on any atom is 0.226 e. The molecule has 1 amide bonds. The highest BCUT2D eigenvalue weighted by molar-refractivity contribution is 5.79. The third-order valence-electron chi connectivity index (χ3n) is 5.34. The van der Waals surface area contributed by atoms with Crippen LogP contribution in [-0.2, 0) is 4.79 Å². The van der Waals surface area contributed by atoms with Gasteiger partial charge in [-0.05, 0) is 50.5 Å². The smallest absolute Gasteiger partial charge is 0.226 e. The molecule has 19 heavy (non-hydrogen) atoms. The van der Waals surface area contributed by atoms with E-state index in [4.69, 9.17) is 0 Å². The molecular weight excluding hydrogens is 240 g/mol. The third-order valence-corrected chi connectivity index (χ3v) is 5.34. The van der Waals surface area contributed by atoms with Crippen molar-refractivity contribution >= 4 is 5.91 Å². The van der Waals surface area contributed by atoms with Gasteiger partial charge in [0.25, 0.3) is 0 Å². The Bertz CT molecular complexity index is 328. The molecule has 0 aromatic carbocycles. The molecule has 4 heteroatoms. The number of aliphatic hydroxyl groups excluding tert-OH is 1. The van der Waals surface area contributed by atoms with E-state index < -0.39 is 0 Å². The first-order valence-electron chi connectivity index (χ1n) is 7.91.